The molecule has 0 saturated carbocycles. The van der Waals surface area contributed by atoms with Crippen LogP contribution in [0.25, 0.3) is 0 Å². The molecule has 3 aromatic rings. The van der Waals surface area contributed by atoms with Crippen LogP contribution in [0.1, 0.15) is 29.2 Å². The normalized spacial score (nSPS) is 10.7. The number of methoxy groups -OCH3 is 2. The molecule has 0 atom stereocenters. The van der Waals surface area contributed by atoms with E-state index in [-0.39, 0.29) is 19.1 Å². The number of carbonyl (C=O) groups is 3. The van der Waals surface area contributed by atoms with Crippen molar-refractivity contribution in [1.82, 2.24) is 10.7 Å². The largest absolute Gasteiger partial charge is 0.493 e. The summed E-state index contributed by atoms with van der Waals surface area (Å²) < 4.78 is 22.5. The molecule has 0 unspecified atom stereocenters. The van der Waals surface area contributed by atoms with Crippen LogP contribution in [-0.4, -0.2) is 57.9 Å². The van der Waals surface area contributed by atoms with Crippen LogP contribution in [0.5, 0.6) is 23.0 Å². The average molecular weight is 656 g/mol. The molecule has 0 spiro atoms. The second-order valence-electron chi connectivity index (χ2n) is 9.37. The van der Waals surface area contributed by atoms with Crippen LogP contribution in [0.4, 0.5) is 5.69 Å². The molecule has 0 fully saturated rings. The van der Waals surface area contributed by atoms with Gasteiger partial charge in [0.05, 0.1) is 31.5 Å². The zero-order valence-corrected chi connectivity index (χ0v) is 26.3. The van der Waals surface area contributed by atoms with E-state index < -0.39 is 11.8 Å². The number of ether oxygens (including phenoxy) is 4. The molecule has 0 aliphatic carbocycles. The van der Waals surface area contributed by atoms with Crippen molar-refractivity contribution in [3.05, 3.63) is 75.3 Å². The van der Waals surface area contributed by atoms with Gasteiger partial charge in [0.25, 0.3) is 5.91 Å². The summed E-state index contributed by atoms with van der Waals surface area (Å²) in [5.74, 6) is -0.166. The molecule has 0 radical (unpaired) electrons. The molecule has 0 aliphatic heterocycles. The number of nitrogens with one attached hydrogen (secondary N) is 3. The lowest BCUT2D eigenvalue weighted by Crippen LogP contribution is -2.38. The van der Waals surface area contributed by atoms with Crippen molar-refractivity contribution in [2.75, 3.05) is 39.3 Å². The molecule has 0 heterocycles. The topological polar surface area (TPSA) is 137 Å². The van der Waals surface area contributed by atoms with Gasteiger partial charge in [0.2, 0.25) is 0 Å². The van der Waals surface area contributed by atoms with E-state index in [1.54, 1.807) is 38.5 Å². The van der Waals surface area contributed by atoms with Gasteiger partial charge in [-0.25, -0.2) is 5.43 Å². The number of hydrazone groups is 1. The van der Waals surface area contributed by atoms with Crippen molar-refractivity contribution >= 4 is 45.6 Å². The fourth-order valence-electron chi connectivity index (χ4n) is 4.10. The number of benzene rings is 3. The number of hydrogen-bond acceptors (Lipinski definition) is 8. The third-order valence-corrected chi connectivity index (χ3v) is 6.51. The van der Waals surface area contributed by atoms with Crippen LogP contribution in [0.3, 0.4) is 0 Å². The maximum absolute atomic E-state index is 12.5. The van der Waals surface area contributed by atoms with Gasteiger partial charge in [0, 0.05) is 12.2 Å². The monoisotopic (exact) mass is 654 g/mol. The maximum atomic E-state index is 12.5. The molecule has 43 heavy (non-hydrogen) atoms. The standard InChI is InChI=1S/C31H35BrN4O7/c1-6-42-27-16-22(14-24(32)29(27)43-18-28(37)35-23-12-19(2)11-20(3)13-23)17-34-36-31(39)30(38)33-10-9-21-7-8-25(40-4)26(15-21)41-5/h7-8,11-17H,6,9-10,18H2,1-5H3,(H,33,38)(H,35,37)(H,36,39)/b34-17-. The summed E-state index contributed by atoms with van der Waals surface area (Å²) in [6, 6.07) is 14.5. The lowest BCUT2D eigenvalue weighted by molar-refractivity contribution is -0.139. The first-order chi connectivity index (χ1) is 20.6. The molecule has 11 nitrogen and oxygen atoms in total. The third-order valence-electron chi connectivity index (χ3n) is 5.92. The van der Waals surface area contributed by atoms with E-state index in [4.69, 9.17) is 18.9 Å². The summed E-state index contributed by atoms with van der Waals surface area (Å²) in [6.07, 6.45) is 1.84. The quantitative estimate of drug-likeness (QED) is 0.142. The van der Waals surface area contributed by atoms with Gasteiger partial charge in [-0.1, -0.05) is 12.1 Å². The molecule has 3 amide bonds. The smallest absolute Gasteiger partial charge is 0.329 e. The second-order valence-corrected chi connectivity index (χ2v) is 10.2. The fraction of sp³-hybridized carbons (Fsp3) is 0.290. The van der Waals surface area contributed by atoms with Crippen molar-refractivity contribution in [1.29, 1.82) is 0 Å². The average Bonchev–Trinajstić information content (AvgIpc) is 2.96. The predicted octanol–water partition coefficient (Wildman–Crippen LogP) is 4.31. The molecule has 0 aliphatic rings. The molecule has 0 saturated heterocycles. The van der Waals surface area contributed by atoms with Crippen LogP contribution in [0, 0.1) is 13.8 Å². The first-order valence-electron chi connectivity index (χ1n) is 13.4. The minimum absolute atomic E-state index is 0.236. The summed E-state index contributed by atoms with van der Waals surface area (Å²) >= 11 is 3.45. The summed E-state index contributed by atoms with van der Waals surface area (Å²) in [7, 11) is 3.10. The number of aryl methyl sites for hydroxylation is 2. The van der Waals surface area contributed by atoms with Gasteiger partial charge in [-0.05, 0) is 102 Å². The van der Waals surface area contributed by atoms with Gasteiger partial charge in [0.15, 0.2) is 29.6 Å². The number of nitrogens with zero attached hydrogens (tertiary/aromatic N) is 1. The van der Waals surface area contributed by atoms with Gasteiger partial charge in [0.1, 0.15) is 0 Å². The van der Waals surface area contributed by atoms with Crippen molar-refractivity contribution in [3.8, 4) is 23.0 Å². The minimum atomic E-state index is -0.914. The molecule has 0 bridgehead atoms. The second kappa shape index (κ2) is 16.2. The van der Waals surface area contributed by atoms with Crippen molar-refractivity contribution in [2.45, 2.75) is 27.2 Å². The van der Waals surface area contributed by atoms with E-state index in [0.717, 1.165) is 16.7 Å². The molecule has 3 aromatic carbocycles. The van der Waals surface area contributed by atoms with Crippen LogP contribution in [-0.2, 0) is 20.8 Å². The summed E-state index contributed by atoms with van der Waals surface area (Å²) in [4.78, 5) is 36.9. The van der Waals surface area contributed by atoms with Gasteiger partial charge in [-0.3, -0.25) is 14.4 Å². The molecule has 3 N–H and O–H groups in total. The van der Waals surface area contributed by atoms with Crippen LogP contribution < -0.4 is 35.0 Å². The van der Waals surface area contributed by atoms with E-state index in [1.807, 2.05) is 45.0 Å². The lowest BCUT2D eigenvalue weighted by atomic mass is 10.1. The lowest BCUT2D eigenvalue weighted by Gasteiger charge is -2.15. The Morgan fingerprint density at radius 3 is 2.28 bits per heavy atom. The molecular formula is C31H35BrN4O7. The van der Waals surface area contributed by atoms with E-state index in [9.17, 15) is 14.4 Å². The molecular weight excluding hydrogens is 620 g/mol. The van der Waals surface area contributed by atoms with Gasteiger partial charge < -0.3 is 29.6 Å². The Bertz CT molecular complexity index is 1470. The van der Waals surface area contributed by atoms with E-state index >= 15 is 0 Å². The Morgan fingerprint density at radius 1 is 0.884 bits per heavy atom. The maximum Gasteiger partial charge on any atom is 0.329 e. The fourth-order valence-corrected chi connectivity index (χ4v) is 4.67. The zero-order chi connectivity index (χ0) is 31.4. The Hall–Kier alpha value is -4.58. The van der Waals surface area contributed by atoms with Crippen molar-refractivity contribution in [2.24, 2.45) is 5.10 Å². The summed E-state index contributed by atoms with van der Waals surface area (Å²) in [5, 5.41) is 9.27. The SMILES string of the molecule is CCOc1cc(/C=N\NC(=O)C(=O)NCCc2ccc(OC)c(OC)c2)cc(Br)c1OCC(=O)Nc1cc(C)cc(C)c1. The van der Waals surface area contributed by atoms with E-state index in [0.29, 0.717) is 51.7 Å². The summed E-state index contributed by atoms with van der Waals surface area (Å²) in [5.41, 5.74) is 6.44. The van der Waals surface area contributed by atoms with Crippen LogP contribution in [0.15, 0.2) is 58.1 Å². The number of anilines is 1. The van der Waals surface area contributed by atoms with Crippen molar-refractivity contribution < 1.29 is 33.3 Å². The van der Waals surface area contributed by atoms with Gasteiger partial charge >= 0.3 is 11.8 Å². The Labute approximate surface area is 259 Å². The Morgan fingerprint density at radius 2 is 1.60 bits per heavy atom. The Balaban J connectivity index is 1.54. The van der Waals surface area contributed by atoms with E-state index in [1.165, 1.54) is 6.21 Å². The first kappa shape index (κ1) is 32.9. The molecule has 0 aromatic heterocycles. The highest BCUT2D eigenvalue weighted by atomic mass is 79.9. The first-order valence-corrected chi connectivity index (χ1v) is 14.2. The molecule has 12 heteroatoms. The number of halogens is 1. The van der Waals surface area contributed by atoms with Crippen LogP contribution in [0.2, 0.25) is 0 Å². The highest BCUT2D eigenvalue weighted by molar-refractivity contribution is 9.10. The number of hydrogen-bond donors (Lipinski definition) is 3. The molecule has 3 rings (SSSR count). The Kier molecular flexibility index (Phi) is 12.4. The van der Waals surface area contributed by atoms with Gasteiger partial charge in [-0.15, -0.1) is 0 Å². The highest BCUT2D eigenvalue weighted by Crippen LogP contribution is 2.36. The number of amides is 3. The van der Waals surface area contributed by atoms with Gasteiger partial charge in [-0.2, -0.15) is 5.10 Å². The minimum Gasteiger partial charge on any atom is -0.493 e. The number of rotatable bonds is 13. The highest BCUT2D eigenvalue weighted by Gasteiger charge is 2.15. The molecule has 228 valence electrons. The third kappa shape index (κ3) is 10.0. The number of carbonyl (C=O) groups excluding carboxylic acids is 3. The predicted molar refractivity (Wildman–Crippen MR) is 167 cm³/mol. The van der Waals surface area contributed by atoms with Crippen LogP contribution >= 0.6 is 15.9 Å². The summed E-state index contributed by atoms with van der Waals surface area (Å²) in [6.45, 7) is 6.07. The zero-order valence-electron chi connectivity index (χ0n) is 24.7. The van der Waals surface area contributed by atoms with Crippen molar-refractivity contribution in [3.63, 3.8) is 0 Å². The van der Waals surface area contributed by atoms with E-state index in [2.05, 4.69) is 37.1 Å².